The van der Waals surface area contributed by atoms with E-state index in [1.165, 1.54) is 18.2 Å². The molecule has 0 aliphatic heterocycles. The lowest BCUT2D eigenvalue weighted by Crippen LogP contribution is -2.29. The number of nitrogens with one attached hydrogen (secondary N) is 1. The Kier molecular flexibility index (Phi) is 5.43. The molecular formula is C11H13ClN2O3S. The Morgan fingerprint density at radius 1 is 1.61 bits per heavy atom. The van der Waals surface area contributed by atoms with Crippen molar-refractivity contribution in [3.63, 3.8) is 0 Å². The van der Waals surface area contributed by atoms with Gasteiger partial charge in [0.15, 0.2) is 0 Å². The maximum atomic E-state index is 11.8. The van der Waals surface area contributed by atoms with Gasteiger partial charge in [-0.2, -0.15) is 11.8 Å². The van der Waals surface area contributed by atoms with Crippen LogP contribution in [0.25, 0.3) is 0 Å². The normalized spacial score (nSPS) is 11.9. The molecule has 1 N–H and O–H groups in total. The molecule has 0 fully saturated rings. The molecule has 1 unspecified atom stereocenters. The fourth-order valence-corrected chi connectivity index (χ4v) is 1.73. The predicted octanol–water partition coefficient (Wildman–Crippen LogP) is 2.73. The number of carbonyl (C=O) groups excluding carboxylic acids is 1. The Morgan fingerprint density at radius 2 is 2.28 bits per heavy atom. The Morgan fingerprint density at radius 3 is 2.78 bits per heavy atom. The molecule has 7 heteroatoms. The number of hydrogen-bond acceptors (Lipinski definition) is 4. The fraction of sp³-hybridized carbons (Fsp3) is 0.364. The summed E-state index contributed by atoms with van der Waals surface area (Å²) in [5.41, 5.74) is 0.115. The lowest BCUT2D eigenvalue weighted by atomic mass is 10.2. The molecule has 0 aliphatic rings. The van der Waals surface area contributed by atoms with E-state index in [4.69, 9.17) is 11.6 Å². The van der Waals surface area contributed by atoms with Crippen molar-refractivity contribution in [3.8, 4) is 0 Å². The number of nitrogens with zero attached hydrogens (tertiary/aromatic N) is 1. The molecule has 0 bridgehead atoms. The first-order valence-electron chi connectivity index (χ1n) is 5.20. The SMILES string of the molecule is CSC(C)CNC(=O)c1ccc([N+](=O)[O-])cc1Cl. The number of thioether (sulfide) groups is 1. The maximum absolute atomic E-state index is 11.8. The summed E-state index contributed by atoms with van der Waals surface area (Å²) in [4.78, 5) is 21.8. The van der Waals surface area contributed by atoms with Gasteiger partial charge in [0, 0.05) is 23.9 Å². The largest absolute Gasteiger partial charge is 0.351 e. The molecule has 1 amide bonds. The van der Waals surface area contributed by atoms with Gasteiger partial charge in [0.1, 0.15) is 0 Å². The molecule has 98 valence electrons. The van der Waals surface area contributed by atoms with E-state index in [9.17, 15) is 14.9 Å². The number of non-ortho nitro benzene ring substituents is 1. The molecule has 0 saturated carbocycles. The highest BCUT2D eigenvalue weighted by atomic mass is 35.5. The van der Waals surface area contributed by atoms with Crippen LogP contribution in [0.5, 0.6) is 0 Å². The third-order valence-corrected chi connectivity index (χ3v) is 3.64. The fourth-order valence-electron chi connectivity index (χ4n) is 1.22. The second kappa shape index (κ2) is 6.61. The average molecular weight is 289 g/mol. The van der Waals surface area contributed by atoms with Gasteiger partial charge in [-0.25, -0.2) is 0 Å². The smallest absolute Gasteiger partial charge is 0.270 e. The molecule has 1 rings (SSSR count). The zero-order valence-corrected chi connectivity index (χ0v) is 11.5. The van der Waals surface area contributed by atoms with E-state index in [2.05, 4.69) is 5.32 Å². The summed E-state index contributed by atoms with van der Waals surface area (Å²) in [6, 6.07) is 3.80. The molecule has 5 nitrogen and oxygen atoms in total. The van der Waals surface area contributed by atoms with Crippen molar-refractivity contribution < 1.29 is 9.72 Å². The van der Waals surface area contributed by atoms with Crippen LogP contribution in [0.3, 0.4) is 0 Å². The second-order valence-corrected chi connectivity index (χ2v) is 5.36. The summed E-state index contributed by atoms with van der Waals surface area (Å²) in [7, 11) is 0. The third kappa shape index (κ3) is 3.89. The summed E-state index contributed by atoms with van der Waals surface area (Å²) in [6.07, 6.45) is 1.95. The molecule has 0 radical (unpaired) electrons. The van der Waals surface area contributed by atoms with Gasteiger partial charge in [-0.05, 0) is 12.3 Å². The van der Waals surface area contributed by atoms with Crippen LogP contribution in [0.15, 0.2) is 18.2 Å². The van der Waals surface area contributed by atoms with Crippen molar-refractivity contribution in [1.82, 2.24) is 5.32 Å². The molecular weight excluding hydrogens is 276 g/mol. The van der Waals surface area contributed by atoms with E-state index in [-0.39, 0.29) is 22.2 Å². The molecule has 0 aromatic heterocycles. The quantitative estimate of drug-likeness (QED) is 0.668. The van der Waals surface area contributed by atoms with Crippen LogP contribution in [0.2, 0.25) is 5.02 Å². The average Bonchev–Trinajstić information content (AvgIpc) is 2.35. The van der Waals surface area contributed by atoms with E-state index in [1.807, 2.05) is 13.2 Å². The van der Waals surface area contributed by atoms with Crippen molar-refractivity contribution in [2.45, 2.75) is 12.2 Å². The standard InChI is InChI=1S/C11H13ClN2O3S/c1-7(18-2)6-13-11(15)9-4-3-8(14(16)17)5-10(9)12/h3-5,7H,6H2,1-2H3,(H,13,15). The van der Waals surface area contributed by atoms with Crippen molar-refractivity contribution in [2.24, 2.45) is 0 Å². The van der Waals surface area contributed by atoms with E-state index in [0.29, 0.717) is 11.8 Å². The zero-order chi connectivity index (χ0) is 13.7. The summed E-state index contributed by atoms with van der Waals surface area (Å²) in [5, 5.41) is 13.6. The van der Waals surface area contributed by atoms with E-state index in [0.717, 1.165) is 0 Å². The Hall–Kier alpha value is -1.27. The molecule has 1 atom stereocenters. The van der Waals surface area contributed by atoms with Crippen LogP contribution in [0.4, 0.5) is 5.69 Å². The molecule has 0 aliphatic carbocycles. The minimum Gasteiger partial charge on any atom is -0.351 e. The van der Waals surface area contributed by atoms with Gasteiger partial charge < -0.3 is 5.32 Å². The Balaban J connectivity index is 2.78. The van der Waals surface area contributed by atoms with Gasteiger partial charge in [-0.3, -0.25) is 14.9 Å². The van der Waals surface area contributed by atoms with Gasteiger partial charge in [-0.15, -0.1) is 0 Å². The van der Waals surface area contributed by atoms with Crippen molar-refractivity contribution in [2.75, 3.05) is 12.8 Å². The van der Waals surface area contributed by atoms with Crippen LogP contribution in [-0.4, -0.2) is 28.9 Å². The van der Waals surface area contributed by atoms with Crippen LogP contribution in [0.1, 0.15) is 17.3 Å². The van der Waals surface area contributed by atoms with Gasteiger partial charge in [0.2, 0.25) is 0 Å². The van der Waals surface area contributed by atoms with Crippen molar-refractivity contribution in [3.05, 3.63) is 38.9 Å². The van der Waals surface area contributed by atoms with E-state index in [1.54, 1.807) is 11.8 Å². The van der Waals surface area contributed by atoms with Gasteiger partial charge in [-0.1, -0.05) is 18.5 Å². The first kappa shape index (κ1) is 14.8. The van der Waals surface area contributed by atoms with Gasteiger partial charge in [0.25, 0.3) is 11.6 Å². The minimum absolute atomic E-state index is 0.0819. The number of nitro benzene ring substituents is 1. The highest BCUT2D eigenvalue weighted by molar-refractivity contribution is 7.99. The highest BCUT2D eigenvalue weighted by Crippen LogP contribution is 2.22. The molecule has 0 spiro atoms. The Labute approximate surface area is 114 Å². The van der Waals surface area contributed by atoms with E-state index >= 15 is 0 Å². The monoisotopic (exact) mass is 288 g/mol. The van der Waals surface area contributed by atoms with Crippen molar-refractivity contribution in [1.29, 1.82) is 0 Å². The van der Waals surface area contributed by atoms with Gasteiger partial charge in [0.05, 0.1) is 15.5 Å². The van der Waals surface area contributed by atoms with Crippen LogP contribution in [-0.2, 0) is 0 Å². The Bertz CT molecular complexity index is 468. The number of nitro groups is 1. The molecule has 1 aromatic carbocycles. The maximum Gasteiger partial charge on any atom is 0.270 e. The molecule has 0 saturated heterocycles. The van der Waals surface area contributed by atoms with Crippen LogP contribution in [0, 0.1) is 10.1 Å². The number of rotatable bonds is 5. The highest BCUT2D eigenvalue weighted by Gasteiger charge is 2.15. The number of hydrogen-bond donors (Lipinski definition) is 1. The first-order chi connectivity index (χ1) is 8.45. The summed E-state index contributed by atoms with van der Waals surface area (Å²) >= 11 is 7.48. The molecule has 1 aromatic rings. The van der Waals surface area contributed by atoms with Crippen LogP contribution >= 0.6 is 23.4 Å². The first-order valence-corrected chi connectivity index (χ1v) is 6.87. The summed E-state index contributed by atoms with van der Waals surface area (Å²) in [6.45, 7) is 2.51. The second-order valence-electron chi connectivity index (χ2n) is 3.68. The third-order valence-electron chi connectivity index (χ3n) is 2.36. The summed E-state index contributed by atoms with van der Waals surface area (Å²) < 4.78 is 0. The lowest BCUT2D eigenvalue weighted by molar-refractivity contribution is -0.384. The molecule has 0 heterocycles. The van der Waals surface area contributed by atoms with E-state index < -0.39 is 4.92 Å². The van der Waals surface area contributed by atoms with Crippen molar-refractivity contribution >= 4 is 35.0 Å². The minimum atomic E-state index is -0.552. The number of amides is 1. The summed E-state index contributed by atoms with van der Waals surface area (Å²) in [5.74, 6) is -0.323. The molecule has 18 heavy (non-hydrogen) atoms. The topological polar surface area (TPSA) is 72.2 Å². The number of halogens is 1. The van der Waals surface area contributed by atoms with Gasteiger partial charge >= 0.3 is 0 Å². The number of carbonyl (C=O) groups is 1. The lowest BCUT2D eigenvalue weighted by Gasteiger charge is -2.10. The number of benzene rings is 1. The zero-order valence-electron chi connectivity index (χ0n) is 9.97. The van der Waals surface area contributed by atoms with Crippen LogP contribution < -0.4 is 5.32 Å². The predicted molar refractivity (Wildman–Crippen MR) is 73.4 cm³/mol.